The highest BCUT2D eigenvalue weighted by Gasteiger charge is 2.37. The summed E-state index contributed by atoms with van der Waals surface area (Å²) < 4.78 is 13.0. The average Bonchev–Trinajstić information content (AvgIpc) is 3.33. The Balaban J connectivity index is 1.64. The number of carbonyl (C=O) groups excluding carboxylic acids is 1. The molecule has 30 heavy (non-hydrogen) atoms. The number of oxime groups is 1. The van der Waals surface area contributed by atoms with Crippen LogP contribution < -0.4 is 10.5 Å². The highest BCUT2D eigenvalue weighted by molar-refractivity contribution is 5.91. The number of nitrogens with two attached hydrogens (primary N) is 1. The Morgan fingerprint density at radius 1 is 1.40 bits per heavy atom. The predicted octanol–water partition coefficient (Wildman–Crippen LogP) is 2.58. The van der Waals surface area contributed by atoms with Crippen molar-refractivity contribution in [1.82, 2.24) is 9.78 Å². The Hall–Kier alpha value is -3.07. The number of hydrogen-bond acceptors (Lipinski definition) is 7. The van der Waals surface area contributed by atoms with E-state index < -0.39 is 12.2 Å². The van der Waals surface area contributed by atoms with Gasteiger partial charge in [-0.1, -0.05) is 44.1 Å². The number of carbonyl (C=O) groups is 1. The van der Waals surface area contributed by atoms with E-state index in [-0.39, 0.29) is 24.7 Å². The molecule has 0 radical (unpaired) electrons. The van der Waals surface area contributed by atoms with Gasteiger partial charge >= 0.3 is 6.09 Å². The fourth-order valence-corrected chi connectivity index (χ4v) is 3.30. The number of aliphatic hydroxyl groups is 1. The summed E-state index contributed by atoms with van der Waals surface area (Å²) in [6.07, 6.45) is 2.37. The van der Waals surface area contributed by atoms with Crippen LogP contribution in [0.2, 0.25) is 0 Å². The molecule has 162 valence electrons. The van der Waals surface area contributed by atoms with Crippen LogP contribution in [0.4, 0.5) is 4.79 Å². The normalized spacial score (nSPS) is 17.2. The van der Waals surface area contributed by atoms with E-state index in [1.54, 1.807) is 10.9 Å². The van der Waals surface area contributed by atoms with E-state index in [4.69, 9.17) is 25.2 Å². The van der Waals surface area contributed by atoms with Crippen LogP contribution in [0, 0.1) is 5.41 Å². The summed E-state index contributed by atoms with van der Waals surface area (Å²) in [6, 6.07) is 7.64. The number of hydrogen-bond donors (Lipinski definition) is 2. The molecule has 1 aromatic heterocycles. The Kier molecular flexibility index (Phi) is 6.61. The van der Waals surface area contributed by atoms with Crippen molar-refractivity contribution < 1.29 is 24.2 Å². The van der Waals surface area contributed by atoms with Crippen LogP contribution in [0.15, 0.2) is 41.8 Å². The van der Waals surface area contributed by atoms with Gasteiger partial charge in [-0.15, -0.1) is 0 Å². The van der Waals surface area contributed by atoms with Gasteiger partial charge in [-0.25, -0.2) is 4.79 Å². The van der Waals surface area contributed by atoms with Crippen molar-refractivity contribution in [1.29, 1.82) is 0 Å². The molecule has 2 heterocycles. The molecule has 9 nitrogen and oxygen atoms in total. The molecule has 0 spiro atoms. The van der Waals surface area contributed by atoms with Gasteiger partial charge in [0, 0.05) is 29.2 Å². The first-order chi connectivity index (χ1) is 14.3. The lowest BCUT2D eigenvalue weighted by Crippen LogP contribution is -2.40. The minimum Gasteiger partial charge on any atom is -0.489 e. The number of benzene rings is 1. The molecule has 0 bridgehead atoms. The number of aromatic nitrogens is 2. The van der Waals surface area contributed by atoms with Crippen LogP contribution in [0.5, 0.6) is 5.75 Å². The van der Waals surface area contributed by atoms with Crippen molar-refractivity contribution in [3.05, 3.63) is 36.7 Å². The average molecular weight is 416 g/mol. The highest BCUT2D eigenvalue weighted by atomic mass is 16.7. The van der Waals surface area contributed by atoms with E-state index in [0.29, 0.717) is 24.4 Å². The molecule has 1 aromatic carbocycles. The molecular weight excluding hydrogens is 388 g/mol. The van der Waals surface area contributed by atoms with Crippen LogP contribution in [-0.2, 0) is 16.1 Å². The lowest BCUT2D eigenvalue weighted by Gasteiger charge is -2.28. The van der Waals surface area contributed by atoms with E-state index in [0.717, 1.165) is 11.1 Å². The third-order valence-electron chi connectivity index (χ3n) is 4.66. The molecule has 2 unspecified atom stereocenters. The summed E-state index contributed by atoms with van der Waals surface area (Å²) in [5, 5.41) is 17.4. The second-order valence-electron chi connectivity index (χ2n) is 8.22. The van der Waals surface area contributed by atoms with E-state index in [1.165, 1.54) is 0 Å². The minimum absolute atomic E-state index is 0.0235. The van der Waals surface area contributed by atoms with Crippen LogP contribution >= 0.6 is 0 Å². The van der Waals surface area contributed by atoms with E-state index in [1.807, 2.05) is 51.2 Å². The Bertz CT molecular complexity index is 903. The van der Waals surface area contributed by atoms with Gasteiger partial charge in [0.15, 0.2) is 6.10 Å². The van der Waals surface area contributed by atoms with Gasteiger partial charge in [0.1, 0.15) is 24.2 Å². The third-order valence-corrected chi connectivity index (χ3v) is 4.66. The first-order valence-corrected chi connectivity index (χ1v) is 9.82. The standard InChI is InChI=1S/C21H28N4O5/c1-21(2,3)19(29-20(22)27)17-10-15(30-24-17)13-28-18-7-5-4-6-16(18)14-11-23-25(12-14)8-9-26/h4-7,11-12,15,19,26H,8-10,13H2,1-3H3,(H2,22,27). The van der Waals surface area contributed by atoms with Crippen LogP contribution in [0.25, 0.3) is 11.1 Å². The zero-order valence-corrected chi connectivity index (χ0v) is 17.4. The summed E-state index contributed by atoms with van der Waals surface area (Å²) in [7, 11) is 0. The summed E-state index contributed by atoms with van der Waals surface area (Å²) in [4.78, 5) is 16.8. The number of amides is 1. The molecule has 3 N–H and O–H groups in total. The molecule has 9 heteroatoms. The van der Waals surface area contributed by atoms with Crippen molar-refractivity contribution in [2.45, 2.75) is 45.9 Å². The molecule has 0 saturated heterocycles. The van der Waals surface area contributed by atoms with Gasteiger partial charge < -0.3 is 25.2 Å². The zero-order chi connectivity index (χ0) is 21.7. The van der Waals surface area contributed by atoms with Crippen LogP contribution in [0.3, 0.4) is 0 Å². The lowest BCUT2D eigenvalue weighted by molar-refractivity contribution is 0.0470. The molecule has 2 aromatic rings. The van der Waals surface area contributed by atoms with Crippen LogP contribution in [-0.4, -0.2) is 52.1 Å². The molecule has 0 fully saturated rings. The van der Waals surface area contributed by atoms with Gasteiger partial charge in [-0.3, -0.25) is 4.68 Å². The molecule has 0 aliphatic carbocycles. The Morgan fingerprint density at radius 3 is 2.87 bits per heavy atom. The topological polar surface area (TPSA) is 121 Å². The number of ether oxygens (including phenoxy) is 2. The van der Waals surface area contributed by atoms with Crippen LogP contribution in [0.1, 0.15) is 27.2 Å². The monoisotopic (exact) mass is 416 g/mol. The number of para-hydroxylation sites is 1. The second kappa shape index (κ2) is 9.17. The van der Waals surface area contributed by atoms with Crippen molar-refractivity contribution in [3.8, 4) is 16.9 Å². The fraction of sp³-hybridized carbons (Fsp3) is 0.476. The quantitative estimate of drug-likeness (QED) is 0.682. The maximum Gasteiger partial charge on any atom is 0.405 e. The van der Waals surface area contributed by atoms with Crippen molar-refractivity contribution in [2.24, 2.45) is 16.3 Å². The Morgan fingerprint density at radius 2 is 2.17 bits per heavy atom. The first-order valence-electron chi connectivity index (χ1n) is 9.82. The molecule has 2 atom stereocenters. The van der Waals surface area contributed by atoms with Crippen molar-refractivity contribution in [2.75, 3.05) is 13.2 Å². The third kappa shape index (κ3) is 5.29. The molecular formula is C21H28N4O5. The molecule has 1 aliphatic rings. The predicted molar refractivity (Wildman–Crippen MR) is 111 cm³/mol. The largest absolute Gasteiger partial charge is 0.489 e. The zero-order valence-electron chi connectivity index (χ0n) is 17.4. The fourth-order valence-electron chi connectivity index (χ4n) is 3.30. The summed E-state index contributed by atoms with van der Waals surface area (Å²) in [5.74, 6) is 0.693. The second-order valence-corrected chi connectivity index (χ2v) is 8.22. The molecule has 0 saturated carbocycles. The molecule has 1 amide bonds. The van der Waals surface area contributed by atoms with E-state index in [2.05, 4.69) is 10.3 Å². The maximum atomic E-state index is 11.3. The van der Waals surface area contributed by atoms with Gasteiger partial charge in [-0.05, 0) is 6.07 Å². The van der Waals surface area contributed by atoms with Gasteiger partial charge in [0.2, 0.25) is 0 Å². The smallest absolute Gasteiger partial charge is 0.405 e. The summed E-state index contributed by atoms with van der Waals surface area (Å²) in [6.45, 7) is 6.57. The van der Waals surface area contributed by atoms with E-state index in [9.17, 15) is 4.79 Å². The van der Waals surface area contributed by atoms with Gasteiger partial charge in [-0.2, -0.15) is 5.10 Å². The van der Waals surface area contributed by atoms with Gasteiger partial charge in [0.25, 0.3) is 0 Å². The number of aliphatic hydroxyl groups excluding tert-OH is 1. The number of rotatable bonds is 8. The highest BCUT2D eigenvalue weighted by Crippen LogP contribution is 2.31. The van der Waals surface area contributed by atoms with E-state index >= 15 is 0 Å². The molecule has 3 rings (SSSR count). The maximum absolute atomic E-state index is 11.3. The molecule has 1 aliphatic heterocycles. The summed E-state index contributed by atoms with van der Waals surface area (Å²) >= 11 is 0. The minimum atomic E-state index is -0.840. The van der Waals surface area contributed by atoms with Crippen molar-refractivity contribution >= 4 is 11.8 Å². The SMILES string of the molecule is CC(C)(C)C(OC(N)=O)C1=NOC(COc2ccccc2-c2cnn(CCO)c2)C1. The first kappa shape index (κ1) is 21.6. The Labute approximate surface area is 175 Å². The number of nitrogens with zero attached hydrogens (tertiary/aromatic N) is 3. The summed E-state index contributed by atoms with van der Waals surface area (Å²) in [5.41, 5.74) is 7.27. The van der Waals surface area contributed by atoms with Gasteiger partial charge in [0.05, 0.1) is 19.3 Å². The number of primary amides is 1. The lowest BCUT2D eigenvalue weighted by atomic mass is 9.84. The van der Waals surface area contributed by atoms with Crippen molar-refractivity contribution in [3.63, 3.8) is 0 Å².